The average molecular weight is 339 g/mol. The highest BCUT2D eigenvalue weighted by Gasteiger charge is 2.23. The van der Waals surface area contributed by atoms with E-state index in [4.69, 9.17) is 10.7 Å². The summed E-state index contributed by atoms with van der Waals surface area (Å²) in [5.41, 5.74) is 10.1. The summed E-state index contributed by atoms with van der Waals surface area (Å²) in [7, 11) is 0. The van der Waals surface area contributed by atoms with Crippen LogP contribution < -0.4 is 5.73 Å². The lowest BCUT2D eigenvalue weighted by atomic mass is 9.94. The zero-order valence-corrected chi connectivity index (χ0v) is 14.3. The molecule has 1 fully saturated rings. The zero-order valence-electron chi connectivity index (χ0n) is 14.3. The molecule has 0 amide bonds. The van der Waals surface area contributed by atoms with Crippen molar-refractivity contribution < 1.29 is 4.39 Å². The van der Waals surface area contributed by atoms with E-state index in [9.17, 15) is 4.39 Å². The minimum absolute atomic E-state index is 0.190. The summed E-state index contributed by atoms with van der Waals surface area (Å²) in [5.74, 6) is 0.796. The van der Waals surface area contributed by atoms with Crippen LogP contribution in [0.5, 0.6) is 0 Å². The van der Waals surface area contributed by atoms with Gasteiger partial charge in [-0.25, -0.2) is 9.37 Å². The van der Waals surface area contributed by atoms with Crippen LogP contribution in [-0.2, 0) is 6.54 Å². The Morgan fingerprint density at radius 2 is 2.04 bits per heavy atom. The fourth-order valence-electron chi connectivity index (χ4n) is 3.63. The minimum atomic E-state index is -0.190. The molecule has 0 radical (unpaired) electrons. The second-order valence-electron chi connectivity index (χ2n) is 6.86. The standard InChI is InChI=1S/C19H22FN5/c1-13-9-19-22-17(10-18(21)25(19)23-13)15-3-2-8-24(12-15)11-14-4-6-16(20)7-5-14/h4-7,9-10,15H,2-3,8,11-12,21H2,1H3/t15-/m0/s1. The Bertz CT molecular complexity index is 887. The zero-order chi connectivity index (χ0) is 17.4. The number of fused-ring (bicyclic) bond motifs is 1. The van der Waals surface area contributed by atoms with E-state index in [1.54, 1.807) is 4.52 Å². The van der Waals surface area contributed by atoms with Gasteiger partial charge in [0, 0.05) is 31.1 Å². The second-order valence-corrected chi connectivity index (χ2v) is 6.86. The number of hydrogen-bond acceptors (Lipinski definition) is 4. The molecule has 2 aromatic heterocycles. The Morgan fingerprint density at radius 3 is 2.84 bits per heavy atom. The summed E-state index contributed by atoms with van der Waals surface area (Å²) < 4.78 is 14.8. The first kappa shape index (κ1) is 16.0. The lowest BCUT2D eigenvalue weighted by Crippen LogP contribution is -2.34. The second kappa shape index (κ2) is 6.44. The maximum absolute atomic E-state index is 13.1. The molecule has 4 rings (SSSR count). The summed E-state index contributed by atoms with van der Waals surface area (Å²) in [6, 6.07) is 10.7. The monoisotopic (exact) mass is 339 g/mol. The molecule has 1 saturated heterocycles. The van der Waals surface area contributed by atoms with Crippen LogP contribution in [0.15, 0.2) is 36.4 Å². The lowest BCUT2D eigenvalue weighted by Gasteiger charge is -2.32. The quantitative estimate of drug-likeness (QED) is 0.796. The number of hydrogen-bond donors (Lipinski definition) is 1. The molecule has 5 nitrogen and oxygen atoms in total. The number of nitrogens with zero attached hydrogens (tertiary/aromatic N) is 4. The van der Waals surface area contributed by atoms with Gasteiger partial charge in [-0.15, -0.1) is 0 Å². The van der Waals surface area contributed by atoms with Crippen LogP contribution in [0.2, 0.25) is 0 Å². The van der Waals surface area contributed by atoms with Gasteiger partial charge < -0.3 is 5.73 Å². The molecule has 6 heteroatoms. The van der Waals surface area contributed by atoms with Crippen molar-refractivity contribution in [2.45, 2.75) is 32.2 Å². The number of benzene rings is 1. The first-order valence-corrected chi connectivity index (χ1v) is 8.68. The minimum Gasteiger partial charge on any atom is -0.384 e. The smallest absolute Gasteiger partial charge is 0.157 e. The van der Waals surface area contributed by atoms with Crippen molar-refractivity contribution in [2.24, 2.45) is 0 Å². The number of nitrogen functional groups attached to an aromatic ring is 1. The number of likely N-dealkylation sites (tertiary alicyclic amines) is 1. The SMILES string of the molecule is Cc1cc2nc([C@H]3CCCN(Cc4ccc(F)cc4)C3)cc(N)n2n1. The predicted octanol–water partition coefficient (Wildman–Crippen LogP) is 3.14. The number of piperidine rings is 1. The fraction of sp³-hybridized carbons (Fsp3) is 0.368. The Balaban J connectivity index is 1.53. The average Bonchev–Trinajstić information content (AvgIpc) is 2.98. The third-order valence-electron chi connectivity index (χ3n) is 4.84. The Hall–Kier alpha value is -2.47. The highest BCUT2D eigenvalue weighted by molar-refractivity contribution is 5.48. The molecule has 0 aliphatic carbocycles. The number of halogens is 1. The van der Waals surface area contributed by atoms with Crippen molar-refractivity contribution in [3.05, 3.63) is 59.2 Å². The lowest BCUT2D eigenvalue weighted by molar-refractivity contribution is 0.198. The summed E-state index contributed by atoms with van der Waals surface area (Å²) in [4.78, 5) is 7.19. The van der Waals surface area contributed by atoms with Crippen LogP contribution in [0.4, 0.5) is 10.2 Å². The summed E-state index contributed by atoms with van der Waals surface area (Å²) >= 11 is 0. The Kier molecular flexibility index (Phi) is 4.13. The molecular weight excluding hydrogens is 317 g/mol. The molecule has 1 atom stereocenters. The number of aryl methyl sites for hydroxylation is 1. The van der Waals surface area contributed by atoms with Gasteiger partial charge in [-0.2, -0.15) is 9.61 Å². The van der Waals surface area contributed by atoms with Gasteiger partial charge in [0.15, 0.2) is 5.65 Å². The summed E-state index contributed by atoms with van der Waals surface area (Å²) in [6.07, 6.45) is 2.23. The molecule has 2 N–H and O–H groups in total. The van der Waals surface area contributed by atoms with Crippen molar-refractivity contribution >= 4 is 11.5 Å². The third-order valence-corrected chi connectivity index (χ3v) is 4.84. The molecule has 3 aromatic rings. The van der Waals surface area contributed by atoms with E-state index >= 15 is 0 Å². The molecule has 0 unspecified atom stereocenters. The Morgan fingerprint density at radius 1 is 1.24 bits per heavy atom. The van der Waals surface area contributed by atoms with E-state index in [1.165, 1.54) is 12.1 Å². The van der Waals surface area contributed by atoms with Crippen molar-refractivity contribution in [2.75, 3.05) is 18.8 Å². The highest BCUT2D eigenvalue weighted by Crippen LogP contribution is 2.28. The largest absolute Gasteiger partial charge is 0.384 e. The van der Waals surface area contributed by atoms with E-state index in [0.717, 1.165) is 55.1 Å². The van der Waals surface area contributed by atoms with Crippen molar-refractivity contribution in [3.8, 4) is 0 Å². The van der Waals surface area contributed by atoms with Gasteiger partial charge in [-0.1, -0.05) is 12.1 Å². The van der Waals surface area contributed by atoms with E-state index in [-0.39, 0.29) is 5.82 Å². The van der Waals surface area contributed by atoms with Crippen LogP contribution in [0, 0.1) is 12.7 Å². The molecule has 0 bridgehead atoms. The van der Waals surface area contributed by atoms with E-state index < -0.39 is 0 Å². The highest BCUT2D eigenvalue weighted by atomic mass is 19.1. The number of aromatic nitrogens is 3. The fourth-order valence-corrected chi connectivity index (χ4v) is 3.63. The summed E-state index contributed by atoms with van der Waals surface area (Å²) in [6.45, 7) is 4.77. The topological polar surface area (TPSA) is 59.5 Å². The molecular formula is C19H22FN5. The van der Waals surface area contributed by atoms with Crippen LogP contribution in [0.3, 0.4) is 0 Å². The molecule has 130 valence electrons. The van der Waals surface area contributed by atoms with Gasteiger partial charge in [-0.05, 0) is 44.0 Å². The predicted molar refractivity (Wildman–Crippen MR) is 95.8 cm³/mol. The van der Waals surface area contributed by atoms with E-state index in [1.807, 2.05) is 31.2 Å². The van der Waals surface area contributed by atoms with Gasteiger partial charge in [0.1, 0.15) is 11.6 Å². The normalized spacial score (nSPS) is 18.7. The number of nitrogens with two attached hydrogens (primary N) is 1. The molecule has 25 heavy (non-hydrogen) atoms. The molecule has 3 heterocycles. The van der Waals surface area contributed by atoms with Crippen LogP contribution >= 0.6 is 0 Å². The summed E-state index contributed by atoms with van der Waals surface area (Å²) in [5, 5.41) is 4.36. The van der Waals surface area contributed by atoms with Crippen LogP contribution in [0.1, 0.15) is 35.7 Å². The van der Waals surface area contributed by atoms with Gasteiger partial charge in [0.25, 0.3) is 0 Å². The van der Waals surface area contributed by atoms with Gasteiger partial charge in [0.2, 0.25) is 0 Å². The molecule has 0 spiro atoms. The molecule has 1 aromatic carbocycles. The van der Waals surface area contributed by atoms with Crippen molar-refractivity contribution in [1.29, 1.82) is 0 Å². The Labute approximate surface area is 146 Å². The molecule has 1 aliphatic rings. The maximum atomic E-state index is 13.1. The van der Waals surface area contributed by atoms with E-state index in [0.29, 0.717) is 11.7 Å². The van der Waals surface area contributed by atoms with Crippen molar-refractivity contribution in [3.63, 3.8) is 0 Å². The van der Waals surface area contributed by atoms with E-state index in [2.05, 4.69) is 10.00 Å². The first-order chi connectivity index (χ1) is 12.1. The van der Waals surface area contributed by atoms with Crippen LogP contribution in [0.25, 0.3) is 5.65 Å². The maximum Gasteiger partial charge on any atom is 0.157 e. The van der Waals surface area contributed by atoms with Crippen LogP contribution in [-0.4, -0.2) is 32.6 Å². The molecule has 0 saturated carbocycles. The third kappa shape index (κ3) is 3.35. The number of anilines is 1. The van der Waals surface area contributed by atoms with Crippen molar-refractivity contribution in [1.82, 2.24) is 19.5 Å². The number of rotatable bonds is 3. The molecule has 1 aliphatic heterocycles. The van der Waals surface area contributed by atoms with Gasteiger partial charge >= 0.3 is 0 Å². The van der Waals surface area contributed by atoms with Gasteiger partial charge in [0.05, 0.1) is 11.4 Å². The first-order valence-electron chi connectivity index (χ1n) is 8.68. The van der Waals surface area contributed by atoms with Gasteiger partial charge in [-0.3, -0.25) is 4.90 Å².